The molecule has 0 bridgehead atoms. The number of methoxy groups -OCH3 is 1. The highest BCUT2D eigenvalue weighted by Gasteiger charge is 2.31. The van der Waals surface area contributed by atoms with Gasteiger partial charge in [-0.1, -0.05) is 0 Å². The van der Waals surface area contributed by atoms with Gasteiger partial charge >= 0.3 is 6.09 Å². The van der Waals surface area contributed by atoms with Crippen molar-refractivity contribution in [1.82, 2.24) is 14.5 Å². The molecule has 110 valence electrons. The molecular formula is C14H15N3O4. The van der Waals surface area contributed by atoms with E-state index in [1.807, 2.05) is 0 Å². The Bertz CT molecular complexity index is 749. The predicted octanol–water partition coefficient (Wildman–Crippen LogP) is 1.01. The fourth-order valence-corrected chi connectivity index (χ4v) is 2.56. The Labute approximate surface area is 120 Å². The molecule has 1 aromatic carbocycles. The Balaban J connectivity index is 1.92. The Hall–Kier alpha value is -2.57. The molecule has 0 spiro atoms. The van der Waals surface area contributed by atoms with Crippen LogP contribution in [0, 0.1) is 5.92 Å². The normalized spacial score (nSPS) is 15.0. The SMILES string of the molecule is COc1ccc2ncc(=O)n(CC3CN(C(=O)O)C3)c2c1. The molecule has 1 aliphatic heterocycles. The van der Waals surface area contributed by atoms with Gasteiger partial charge in [0.15, 0.2) is 0 Å². The molecule has 0 saturated carbocycles. The van der Waals surface area contributed by atoms with Crippen molar-refractivity contribution in [2.75, 3.05) is 20.2 Å². The van der Waals surface area contributed by atoms with Crippen LogP contribution in [0.2, 0.25) is 0 Å². The first-order valence-corrected chi connectivity index (χ1v) is 6.60. The zero-order valence-corrected chi connectivity index (χ0v) is 11.5. The van der Waals surface area contributed by atoms with Gasteiger partial charge in [0.05, 0.1) is 24.3 Å². The van der Waals surface area contributed by atoms with Crippen LogP contribution in [0.1, 0.15) is 0 Å². The quantitative estimate of drug-likeness (QED) is 0.911. The molecule has 2 aromatic rings. The molecule has 0 atom stereocenters. The summed E-state index contributed by atoms with van der Waals surface area (Å²) in [5, 5.41) is 8.84. The van der Waals surface area contributed by atoms with Crippen LogP contribution in [-0.4, -0.2) is 45.9 Å². The zero-order valence-electron chi connectivity index (χ0n) is 11.5. The first-order chi connectivity index (χ1) is 10.1. The van der Waals surface area contributed by atoms with Crippen LogP contribution in [0.25, 0.3) is 11.0 Å². The van der Waals surface area contributed by atoms with Crippen molar-refractivity contribution in [1.29, 1.82) is 0 Å². The smallest absolute Gasteiger partial charge is 0.407 e. The third-order valence-electron chi connectivity index (χ3n) is 3.72. The highest BCUT2D eigenvalue weighted by atomic mass is 16.5. The lowest BCUT2D eigenvalue weighted by atomic mass is 10.0. The molecule has 3 rings (SSSR count). The third-order valence-corrected chi connectivity index (χ3v) is 3.72. The van der Waals surface area contributed by atoms with Gasteiger partial charge in [0.25, 0.3) is 5.56 Å². The number of amides is 1. The third kappa shape index (κ3) is 2.42. The molecule has 7 nitrogen and oxygen atoms in total. The maximum absolute atomic E-state index is 12.1. The number of carboxylic acid groups (broad SMARTS) is 1. The van der Waals surface area contributed by atoms with Crippen LogP contribution in [0.4, 0.5) is 4.79 Å². The summed E-state index contributed by atoms with van der Waals surface area (Å²) < 4.78 is 6.82. The van der Waals surface area contributed by atoms with Crippen LogP contribution in [0.15, 0.2) is 29.2 Å². The number of benzene rings is 1. The van der Waals surface area contributed by atoms with E-state index in [2.05, 4.69) is 4.98 Å². The van der Waals surface area contributed by atoms with Gasteiger partial charge in [-0.05, 0) is 12.1 Å². The second-order valence-electron chi connectivity index (χ2n) is 5.12. The van der Waals surface area contributed by atoms with Crippen LogP contribution >= 0.6 is 0 Å². The van der Waals surface area contributed by atoms with Gasteiger partial charge in [-0.15, -0.1) is 0 Å². The molecule has 2 heterocycles. The van der Waals surface area contributed by atoms with Crippen molar-refractivity contribution in [2.24, 2.45) is 5.92 Å². The number of rotatable bonds is 3. The largest absolute Gasteiger partial charge is 0.497 e. The van der Waals surface area contributed by atoms with Crippen LogP contribution in [0.5, 0.6) is 5.75 Å². The number of hydrogen-bond acceptors (Lipinski definition) is 4. The van der Waals surface area contributed by atoms with E-state index in [4.69, 9.17) is 9.84 Å². The number of hydrogen-bond donors (Lipinski definition) is 1. The Morgan fingerprint density at radius 2 is 2.24 bits per heavy atom. The van der Waals surface area contributed by atoms with Crippen molar-refractivity contribution in [2.45, 2.75) is 6.54 Å². The molecule has 0 radical (unpaired) electrons. The van der Waals surface area contributed by atoms with Gasteiger partial charge in [0.1, 0.15) is 5.75 Å². The molecule has 1 aliphatic rings. The average molecular weight is 289 g/mol. The van der Waals surface area contributed by atoms with E-state index >= 15 is 0 Å². The minimum atomic E-state index is -0.917. The number of carbonyl (C=O) groups is 1. The molecule has 1 aromatic heterocycles. The fourth-order valence-electron chi connectivity index (χ4n) is 2.56. The fraction of sp³-hybridized carbons (Fsp3) is 0.357. The number of likely N-dealkylation sites (tertiary alicyclic amines) is 1. The van der Waals surface area contributed by atoms with Crippen LogP contribution in [-0.2, 0) is 6.54 Å². The predicted molar refractivity (Wildman–Crippen MR) is 75.6 cm³/mol. The van der Waals surface area contributed by atoms with E-state index in [0.717, 1.165) is 0 Å². The zero-order chi connectivity index (χ0) is 15.0. The van der Waals surface area contributed by atoms with Crippen molar-refractivity contribution < 1.29 is 14.6 Å². The standard InChI is InChI=1S/C14H15N3O4/c1-21-10-2-3-11-12(4-10)17(13(18)5-15-11)8-9-6-16(7-9)14(19)20/h2-5,9H,6-8H2,1H3,(H,19,20). The van der Waals surface area contributed by atoms with E-state index in [1.54, 1.807) is 29.9 Å². The molecule has 1 saturated heterocycles. The summed E-state index contributed by atoms with van der Waals surface area (Å²) in [7, 11) is 1.57. The molecular weight excluding hydrogens is 274 g/mol. The lowest BCUT2D eigenvalue weighted by molar-refractivity contribution is 0.0749. The van der Waals surface area contributed by atoms with Crippen LogP contribution < -0.4 is 10.3 Å². The Morgan fingerprint density at radius 1 is 1.48 bits per heavy atom. The summed E-state index contributed by atoms with van der Waals surface area (Å²) >= 11 is 0. The Morgan fingerprint density at radius 3 is 2.90 bits per heavy atom. The topological polar surface area (TPSA) is 84.7 Å². The van der Waals surface area contributed by atoms with Gasteiger partial charge < -0.3 is 19.3 Å². The maximum atomic E-state index is 12.1. The summed E-state index contributed by atoms with van der Waals surface area (Å²) in [6.07, 6.45) is 0.377. The van der Waals surface area contributed by atoms with Gasteiger partial charge in [0.2, 0.25) is 0 Å². The monoisotopic (exact) mass is 289 g/mol. The lowest BCUT2D eigenvalue weighted by Gasteiger charge is -2.37. The molecule has 1 amide bonds. The minimum Gasteiger partial charge on any atom is -0.497 e. The average Bonchev–Trinajstić information content (AvgIpc) is 2.43. The Kier molecular flexibility index (Phi) is 3.25. The van der Waals surface area contributed by atoms with E-state index in [9.17, 15) is 9.59 Å². The van der Waals surface area contributed by atoms with Gasteiger partial charge in [0, 0.05) is 31.6 Å². The van der Waals surface area contributed by atoms with E-state index < -0.39 is 6.09 Å². The van der Waals surface area contributed by atoms with Gasteiger partial charge in [-0.25, -0.2) is 9.78 Å². The first kappa shape index (κ1) is 13.4. The molecule has 0 unspecified atom stereocenters. The second kappa shape index (κ2) is 5.08. The van der Waals surface area contributed by atoms with E-state index in [0.29, 0.717) is 36.4 Å². The summed E-state index contributed by atoms with van der Waals surface area (Å²) in [6, 6.07) is 5.37. The number of nitrogens with zero attached hydrogens (tertiary/aromatic N) is 3. The highest BCUT2D eigenvalue weighted by molar-refractivity contribution is 5.76. The number of fused-ring (bicyclic) bond motifs is 1. The molecule has 7 heteroatoms. The minimum absolute atomic E-state index is 0.149. The van der Waals surface area contributed by atoms with Crippen molar-refractivity contribution >= 4 is 17.1 Å². The van der Waals surface area contributed by atoms with Gasteiger partial charge in [-0.2, -0.15) is 0 Å². The maximum Gasteiger partial charge on any atom is 0.407 e. The number of aromatic nitrogens is 2. The summed E-state index contributed by atoms with van der Waals surface area (Å²) in [5.41, 5.74) is 1.23. The molecule has 1 N–H and O–H groups in total. The van der Waals surface area contributed by atoms with Gasteiger partial charge in [-0.3, -0.25) is 4.79 Å². The van der Waals surface area contributed by atoms with Crippen molar-refractivity contribution in [3.05, 3.63) is 34.7 Å². The van der Waals surface area contributed by atoms with Crippen LogP contribution in [0.3, 0.4) is 0 Å². The molecule has 21 heavy (non-hydrogen) atoms. The van der Waals surface area contributed by atoms with E-state index in [1.165, 1.54) is 11.1 Å². The molecule has 0 aliphatic carbocycles. The van der Waals surface area contributed by atoms with E-state index in [-0.39, 0.29) is 11.5 Å². The lowest BCUT2D eigenvalue weighted by Crippen LogP contribution is -2.51. The second-order valence-corrected chi connectivity index (χ2v) is 5.12. The van der Waals surface area contributed by atoms with Crippen molar-refractivity contribution in [3.8, 4) is 5.75 Å². The summed E-state index contributed by atoms with van der Waals surface area (Å²) in [4.78, 5) is 28.3. The summed E-state index contributed by atoms with van der Waals surface area (Å²) in [5.74, 6) is 0.806. The van der Waals surface area contributed by atoms with Crippen molar-refractivity contribution in [3.63, 3.8) is 0 Å². The highest BCUT2D eigenvalue weighted by Crippen LogP contribution is 2.21. The molecule has 1 fully saturated rings. The first-order valence-electron chi connectivity index (χ1n) is 6.60. The number of ether oxygens (including phenoxy) is 1. The summed E-state index contributed by atoms with van der Waals surface area (Å²) in [6.45, 7) is 1.39.